The number of carbonyl (C=O) groups excluding carboxylic acids is 1. The first-order chi connectivity index (χ1) is 21.3. The van der Waals surface area contributed by atoms with Gasteiger partial charge in [0.15, 0.2) is 0 Å². The number of nitrogens with one attached hydrogen (secondary N) is 2. The molecule has 10 atom stereocenters. The Morgan fingerprint density at radius 2 is 1.04 bits per heavy atom. The lowest BCUT2D eigenvalue weighted by Gasteiger charge is -2.34. The van der Waals surface area contributed by atoms with Crippen LogP contribution in [-0.2, 0) is 4.79 Å². The fourth-order valence-electron chi connectivity index (χ4n) is 9.29. The van der Waals surface area contributed by atoms with Crippen molar-refractivity contribution in [2.45, 2.75) is 62.9 Å². The van der Waals surface area contributed by atoms with E-state index in [4.69, 9.17) is 0 Å². The average molecular weight is 645 g/mol. The summed E-state index contributed by atoms with van der Waals surface area (Å²) in [6, 6.07) is 6.82. The number of hydrogen-bond acceptors (Lipinski definition) is 7. The molecule has 4 heterocycles. The molecular formula is C33H37ClF4N6O. The number of benzene rings is 2. The van der Waals surface area contributed by atoms with Gasteiger partial charge in [0, 0.05) is 62.3 Å². The molecule has 2 aromatic carbocycles. The standard InChI is InChI=1S/C33H36F4N6O.ClH/c34-23-7-17(8-24(35)13-23)29-1-3-40-42(29)32-27-11-19(5-21(27)15-38-32)31(44)20-6-22-16-39-33(28(22)12-20)43-30(2-4-41-43)18-9-25(36)14-26(37)10-18;/h3-4,7-10,13-14,19-22,27-30,32-33,38-39H,1-2,5-6,11-12,15-16H2;1H. The highest BCUT2D eigenvalue weighted by molar-refractivity contribution is 5.85. The van der Waals surface area contributed by atoms with E-state index in [1.54, 1.807) is 0 Å². The van der Waals surface area contributed by atoms with Gasteiger partial charge in [-0.25, -0.2) is 17.6 Å². The Labute approximate surface area is 265 Å². The van der Waals surface area contributed by atoms with Crippen molar-refractivity contribution in [2.75, 3.05) is 13.1 Å². The molecule has 240 valence electrons. The average Bonchev–Trinajstić information content (AvgIpc) is 3.80. The zero-order valence-corrected chi connectivity index (χ0v) is 25.5. The van der Waals surface area contributed by atoms with Crippen LogP contribution in [0.15, 0.2) is 46.6 Å². The molecule has 2 aromatic rings. The SMILES string of the molecule is Cl.O=C(C1CC2CNC(N3N=CCC3c3cc(F)cc(F)c3)C2C1)C1CC2CNC(N3N=CCC3c3cc(F)cc(F)c3)C2C1. The molecule has 8 rings (SSSR count). The van der Waals surface area contributed by atoms with Crippen molar-refractivity contribution in [1.82, 2.24) is 20.7 Å². The molecule has 2 N–H and O–H groups in total. The Kier molecular flexibility index (Phi) is 8.14. The van der Waals surface area contributed by atoms with Crippen LogP contribution >= 0.6 is 12.4 Å². The van der Waals surface area contributed by atoms with E-state index < -0.39 is 23.3 Å². The quantitative estimate of drug-likeness (QED) is 0.404. The Bertz CT molecular complexity index is 1380. The third-order valence-electron chi connectivity index (χ3n) is 11.1. The Morgan fingerprint density at radius 1 is 0.644 bits per heavy atom. The molecule has 6 aliphatic rings. The minimum Gasteiger partial charge on any atom is -0.299 e. The number of nitrogens with zero attached hydrogens (tertiary/aromatic N) is 4. The van der Waals surface area contributed by atoms with Gasteiger partial charge in [-0.2, -0.15) is 10.2 Å². The minimum atomic E-state index is -0.593. The first-order valence-electron chi connectivity index (χ1n) is 15.9. The van der Waals surface area contributed by atoms with Crippen LogP contribution in [0.3, 0.4) is 0 Å². The third-order valence-corrected chi connectivity index (χ3v) is 11.1. The molecule has 45 heavy (non-hydrogen) atoms. The summed E-state index contributed by atoms with van der Waals surface area (Å²) in [5.74, 6) is -0.837. The van der Waals surface area contributed by atoms with E-state index in [1.807, 2.05) is 22.4 Å². The minimum absolute atomic E-state index is 0. The Hall–Kier alpha value is -3.02. The molecule has 2 saturated heterocycles. The molecule has 10 unspecified atom stereocenters. The van der Waals surface area contributed by atoms with Crippen molar-refractivity contribution in [3.63, 3.8) is 0 Å². The number of Topliss-reactive ketones (excluding diaryl/α,β-unsaturated/α-hetero) is 1. The maximum absolute atomic E-state index is 14.0. The lowest BCUT2D eigenvalue weighted by atomic mass is 9.88. The first-order valence-corrected chi connectivity index (χ1v) is 15.9. The van der Waals surface area contributed by atoms with Crippen LogP contribution in [0.4, 0.5) is 17.6 Å². The molecular weight excluding hydrogens is 608 g/mol. The number of hydrazone groups is 2. The zero-order valence-electron chi connectivity index (χ0n) is 24.7. The molecule has 0 radical (unpaired) electrons. The number of ketones is 1. The highest BCUT2D eigenvalue weighted by Crippen LogP contribution is 2.50. The third kappa shape index (κ3) is 5.44. The largest absolute Gasteiger partial charge is 0.299 e. The van der Waals surface area contributed by atoms with E-state index >= 15 is 0 Å². The predicted octanol–water partition coefficient (Wildman–Crippen LogP) is 5.54. The number of carbonyl (C=O) groups is 1. The molecule has 2 aliphatic carbocycles. The van der Waals surface area contributed by atoms with Gasteiger partial charge < -0.3 is 0 Å². The van der Waals surface area contributed by atoms with Gasteiger partial charge in [-0.15, -0.1) is 12.4 Å². The van der Waals surface area contributed by atoms with Gasteiger partial charge >= 0.3 is 0 Å². The van der Waals surface area contributed by atoms with Gasteiger partial charge in [0.25, 0.3) is 0 Å². The summed E-state index contributed by atoms with van der Waals surface area (Å²) in [5, 5.41) is 20.3. The van der Waals surface area contributed by atoms with E-state index in [1.165, 1.54) is 24.3 Å². The van der Waals surface area contributed by atoms with E-state index in [9.17, 15) is 22.4 Å². The molecule has 4 aliphatic heterocycles. The van der Waals surface area contributed by atoms with Gasteiger partial charge in [-0.3, -0.25) is 25.4 Å². The van der Waals surface area contributed by atoms with Crippen molar-refractivity contribution in [3.05, 3.63) is 70.8 Å². The van der Waals surface area contributed by atoms with Crippen molar-refractivity contribution in [3.8, 4) is 0 Å². The van der Waals surface area contributed by atoms with Crippen LogP contribution in [0.25, 0.3) is 0 Å². The Morgan fingerprint density at radius 3 is 1.44 bits per heavy atom. The second kappa shape index (κ2) is 12.0. The van der Waals surface area contributed by atoms with E-state index in [2.05, 4.69) is 20.8 Å². The van der Waals surface area contributed by atoms with Crippen molar-refractivity contribution < 1.29 is 22.4 Å². The van der Waals surface area contributed by atoms with Gasteiger partial charge in [0.1, 0.15) is 41.4 Å². The molecule has 4 fully saturated rings. The highest BCUT2D eigenvalue weighted by atomic mass is 35.5. The summed E-state index contributed by atoms with van der Waals surface area (Å²) in [6.07, 6.45) is 7.88. The molecule has 2 saturated carbocycles. The molecule has 12 heteroatoms. The van der Waals surface area contributed by atoms with Crippen LogP contribution in [0.1, 0.15) is 61.7 Å². The lowest BCUT2D eigenvalue weighted by Crippen LogP contribution is -2.43. The molecule has 0 aromatic heterocycles. The van der Waals surface area contributed by atoms with Crippen LogP contribution in [0.2, 0.25) is 0 Å². The maximum Gasteiger partial charge on any atom is 0.139 e. The van der Waals surface area contributed by atoms with Crippen molar-refractivity contribution in [1.29, 1.82) is 0 Å². The smallest absolute Gasteiger partial charge is 0.139 e. The summed E-state index contributed by atoms with van der Waals surface area (Å²) in [6.45, 7) is 1.60. The normalized spacial score (nSPS) is 36.5. The summed E-state index contributed by atoms with van der Waals surface area (Å²) in [4.78, 5) is 14.0. The molecule has 0 spiro atoms. The molecule has 0 bridgehead atoms. The number of rotatable bonds is 6. The maximum atomic E-state index is 14.0. The summed E-state index contributed by atoms with van der Waals surface area (Å²) in [7, 11) is 0. The second-order valence-electron chi connectivity index (χ2n) is 13.6. The van der Waals surface area contributed by atoms with E-state index in [0.717, 1.165) is 50.9 Å². The van der Waals surface area contributed by atoms with Gasteiger partial charge in [-0.1, -0.05) is 0 Å². The van der Waals surface area contributed by atoms with E-state index in [0.29, 0.717) is 41.6 Å². The summed E-state index contributed by atoms with van der Waals surface area (Å²) in [5.41, 5.74) is 1.15. The second-order valence-corrected chi connectivity index (χ2v) is 13.6. The van der Waals surface area contributed by atoms with Crippen LogP contribution < -0.4 is 10.6 Å². The Balaban J connectivity index is 0.00000325. The molecule has 0 amide bonds. The fourth-order valence-corrected chi connectivity index (χ4v) is 9.29. The van der Waals surface area contributed by atoms with Gasteiger partial charge in [-0.05, 0) is 84.7 Å². The number of halogens is 5. The van der Waals surface area contributed by atoms with Crippen molar-refractivity contribution in [2.24, 2.45) is 45.7 Å². The first kappa shape index (κ1) is 30.6. The lowest BCUT2D eigenvalue weighted by molar-refractivity contribution is -0.127. The van der Waals surface area contributed by atoms with Crippen LogP contribution in [0.5, 0.6) is 0 Å². The molecule has 7 nitrogen and oxygen atoms in total. The summed E-state index contributed by atoms with van der Waals surface area (Å²) >= 11 is 0. The van der Waals surface area contributed by atoms with Gasteiger partial charge in [0.05, 0.1) is 12.1 Å². The van der Waals surface area contributed by atoms with Crippen molar-refractivity contribution >= 4 is 30.6 Å². The zero-order chi connectivity index (χ0) is 30.1. The highest BCUT2D eigenvalue weighted by Gasteiger charge is 2.53. The summed E-state index contributed by atoms with van der Waals surface area (Å²) < 4.78 is 56.1. The monoisotopic (exact) mass is 644 g/mol. The number of hydrogen-bond donors (Lipinski definition) is 2. The van der Waals surface area contributed by atoms with Gasteiger partial charge in [0.2, 0.25) is 0 Å². The number of fused-ring (bicyclic) bond motifs is 2. The van der Waals surface area contributed by atoms with E-state index in [-0.39, 0.29) is 60.5 Å². The predicted molar refractivity (Wildman–Crippen MR) is 163 cm³/mol. The topological polar surface area (TPSA) is 72.3 Å². The fraction of sp³-hybridized carbons (Fsp3) is 0.545. The van der Waals surface area contributed by atoms with Crippen LogP contribution in [0, 0.1) is 58.8 Å². The van der Waals surface area contributed by atoms with Crippen LogP contribution in [-0.4, -0.2) is 53.7 Å².